The summed E-state index contributed by atoms with van der Waals surface area (Å²) in [6.07, 6.45) is 3.40. The zero-order valence-corrected chi connectivity index (χ0v) is 14.7. The first-order chi connectivity index (χ1) is 11.0. The first-order valence-corrected chi connectivity index (χ1v) is 8.35. The Hall–Kier alpha value is -1.14. The largest absolute Gasteiger partial charge is 0.485 e. The Kier molecular flexibility index (Phi) is 6.41. The maximum Gasteiger partial charge on any atom is 0.335 e. The number of hydroxylamine groups is 2. The molecule has 1 aliphatic heterocycles. The first-order valence-electron chi connectivity index (χ1n) is 8.35. The highest BCUT2D eigenvalue weighted by Gasteiger charge is 2.41. The minimum absolute atomic E-state index is 0.0497. The predicted octanol–water partition coefficient (Wildman–Crippen LogP) is 3.60. The van der Waals surface area contributed by atoms with Crippen molar-refractivity contribution in [1.29, 1.82) is 0 Å². The molecular weight excluding hydrogens is 294 g/mol. The summed E-state index contributed by atoms with van der Waals surface area (Å²) in [6, 6.07) is 9.61. The molecule has 1 atom stereocenters. The van der Waals surface area contributed by atoms with Crippen LogP contribution in [0.5, 0.6) is 5.75 Å². The third kappa shape index (κ3) is 4.91. The Bertz CT molecular complexity index is 465. The molecule has 0 spiro atoms. The third-order valence-corrected chi connectivity index (χ3v) is 4.16. The van der Waals surface area contributed by atoms with Gasteiger partial charge in [0.2, 0.25) is 0 Å². The van der Waals surface area contributed by atoms with Gasteiger partial charge in [0.05, 0.1) is 0 Å². The fraction of sp³-hybridized carbons (Fsp3) is 0.667. The number of methoxy groups -OCH3 is 1. The number of ether oxygens (including phenoxy) is 3. The Morgan fingerprint density at radius 3 is 2.52 bits per heavy atom. The number of rotatable bonds is 8. The van der Waals surface area contributed by atoms with Gasteiger partial charge in [0.25, 0.3) is 0 Å². The van der Waals surface area contributed by atoms with Crippen molar-refractivity contribution in [1.82, 2.24) is 5.06 Å². The summed E-state index contributed by atoms with van der Waals surface area (Å²) in [5.74, 6) is -0.478. The van der Waals surface area contributed by atoms with Crippen LogP contribution in [0.25, 0.3) is 0 Å². The summed E-state index contributed by atoms with van der Waals surface area (Å²) in [4.78, 5) is 6.17. The molecule has 1 heterocycles. The molecule has 1 saturated heterocycles. The molecule has 130 valence electrons. The standard InChI is InChI=1S/C18H29NO4/c1-5-22-18(20-4,15-21-16-11-7-6-8-12-16)23-19-14-10-9-13-17(19,2)3/h6-8,11-12H,5,9-10,13-15H2,1-4H3. The van der Waals surface area contributed by atoms with Crippen molar-refractivity contribution in [2.24, 2.45) is 0 Å². The number of piperidine rings is 1. The summed E-state index contributed by atoms with van der Waals surface area (Å²) in [7, 11) is 1.58. The van der Waals surface area contributed by atoms with Crippen LogP contribution in [0.15, 0.2) is 30.3 Å². The molecular formula is C18H29NO4. The van der Waals surface area contributed by atoms with E-state index in [2.05, 4.69) is 13.8 Å². The molecule has 0 aliphatic carbocycles. The van der Waals surface area contributed by atoms with E-state index in [0.717, 1.165) is 25.1 Å². The average Bonchev–Trinajstić information content (AvgIpc) is 2.55. The minimum atomic E-state index is -1.24. The normalized spacial score (nSPS) is 20.9. The summed E-state index contributed by atoms with van der Waals surface area (Å²) in [5.41, 5.74) is -0.0497. The van der Waals surface area contributed by atoms with Crippen LogP contribution in [0.4, 0.5) is 0 Å². The molecule has 5 nitrogen and oxygen atoms in total. The fourth-order valence-electron chi connectivity index (χ4n) is 2.74. The maximum absolute atomic E-state index is 6.17. The van der Waals surface area contributed by atoms with Gasteiger partial charge in [0, 0.05) is 25.8 Å². The van der Waals surface area contributed by atoms with E-state index in [4.69, 9.17) is 19.0 Å². The second-order valence-electron chi connectivity index (χ2n) is 6.38. The van der Waals surface area contributed by atoms with E-state index in [0.29, 0.717) is 6.61 Å². The molecule has 2 rings (SSSR count). The highest BCUT2D eigenvalue weighted by molar-refractivity contribution is 5.20. The quantitative estimate of drug-likeness (QED) is 0.684. The summed E-state index contributed by atoms with van der Waals surface area (Å²) >= 11 is 0. The van der Waals surface area contributed by atoms with Gasteiger partial charge in [-0.05, 0) is 45.7 Å². The Morgan fingerprint density at radius 2 is 1.91 bits per heavy atom. The average molecular weight is 323 g/mol. The molecule has 0 N–H and O–H groups in total. The molecule has 5 heteroatoms. The lowest BCUT2D eigenvalue weighted by Gasteiger charge is -2.45. The summed E-state index contributed by atoms with van der Waals surface area (Å²) < 4.78 is 17.2. The molecule has 1 fully saturated rings. The summed E-state index contributed by atoms with van der Waals surface area (Å²) in [6.45, 7) is 7.76. The van der Waals surface area contributed by atoms with Gasteiger partial charge in [0.1, 0.15) is 5.75 Å². The van der Waals surface area contributed by atoms with Gasteiger partial charge in [0.15, 0.2) is 6.61 Å². The minimum Gasteiger partial charge on any atom is -0.485 e. The van der Waals surface area contributed by atoms with Crippen molar-refractivity contribution < 1.29 is 19.0 Å². The number of para-hydroxylation sites is 1. The Morgan fingerprint density at radius 1 is 1.17 bits per heavy atom. The number of nitrogens with zero attached hydrogens (tertiary/aromatic N) is 1. The smallest absolute Gasteiger partial charge is 0.335 e. The van der Waals surface area contributed by atoms with Gasteiger partial charge < -0.3 is 14.2 Å². The van der Waals surface area contributed by atoms with E-state index < -0.39 is 5.97 Å². The van der Waals surface area contributed by atoms with Gasteiger partial charge in [-0.2, -0.15) is 5.06 Å². The highest BCUT2D eigenvalue weighted by Crippen LogP contribution is 2.31. The lowest BCUT2D eigenvalue weighted by molar-refractivity contribution is -0.463. The lowest BCUT2D eigenvalue weighted by atomic mass is 9.93. The number of benzene rings is 1. The van der Waals surface area contributed by atoms with Gasteiger partial charge in [-0.15, -0.1) is 0 Å². The number of hydrogen-bond acceptors (Lipinski definition) is 5. The van der Waals surface area contributed by atoms with Crippen LogP contribution in [0, 0.1) is 0 Å². The van der Waals surface area contributed by atoms with E-state index in [9.17, 15) is 0 Å². The first kappa shape index (κ1) is 18.2. The molecule has 0 bridgehead atoms. The molecule has 0 radical (unpaired) electrons. The summed E-state index contributed by atoms with van der Waals surface area (Å²) in [5, 5.41) is 1.98. The van der Waals surface area contributed by atoms with Crippen molar-refractivity contribution in [3.05, 3.63) is 30.3 Å². The van der Waals surface area contributed by atoms with E-state index in [1.165, 1.54) is 6.42 Å². The second kappa shape index (κ2) is 8.11. The molecule has 1 aromatic carbocycles. The molecule has 0 amide bonds. The molecule has 1 aromatic rings. The zero-order valence-electron chi connectivity index (χ0n) is 14.7. The van der Waals surface area contributed by atoms with E-state index in [1.54, 1.807) is 7.11 Å². The van der Waals surface area contributed by atoms with Crippen LogP contribution >= 0.6 is 0 Å². The topological polar surface area (TPSA) is 40.2 Å². The van der Waals surface area contributed by atoms with Crippen molar-refractivity contribution in [2.45, 2.75) is 51.5 Å². The Balaban J connectivity index is 2.07. The van der Waals surface area contributed by atoms with Crippen molar-refractivity contribution >= 4 is 0 Å². The van der Waals surface area contributed by atoms with E-state index in [-0.39, 0.29) is 12.1 Å². The lowest BCUT2D eigenvalue weighted by Crippen LogP contribution is -2.56. The van der Waals surface area contributed by atoms with Crippen molar-refractivity contribution in [3.8, 4) is 5.75 Å². The maximum atomic E-state index is 6.17. The number of hydrogen-bond donors (Lipinski definition) is 0. The molecule has 1 aliphatic rings. The van der Waals surface area contributed by atoms with Gasteiger partial charge in [-0.1, -0.05) is 24.6 Å². The third-order valence-electron chi connectivity index (χ3n) is 4.16. The second-order valence-corrected chi connectivity index (χ2v) is 6.38. The zero-order chi connectivity index (χ0) is 16.8. The molecule has 1 unspecified atom stereocenters. The molecule has 0 aromatic heterocycles. The fourth-order valence-corrected chi connectivity index (χ4v) is 2.74. The van der Waals surface area contributed by atoms with Gasteiger partial charge >= 0.3 is 5.97 Å². The predicted molar refractivity (Wildman–Crippen MR) is 89.0 cm³/mol. The van der Waals surface area contributed by atoms with Crippen LogP contribution in [0.3, 0.4) is 0 Å². The van der Waals surface area contributed by atoms with Crippen LogP contribution < -0.4 is 4.74 Å². The van der Waals surface area contributed by atoms with Crippen molar-refractivity contribution in [2.75, 3.05) is 26.9 Å². The SMILES string of the molecule is CCOC(COc1ccccc1)(OC)ON1CCCCC1(C)C. The van der Waals surface area contributed by atoms with Crippen LogP contribution in [-0.2, 0) is 14.3 Å². The van der Waals surface area contributed by atoms with Crippen molar-refractivity contribution in [3.63, 3.8) is 0 Å². The monoisotopic (exact) mass is 323 g/mol. The molecule has 23 heavy (non-hydrogen) atoms. The van der Waals surface area contributed by atoms with Crippen LogP contribution in [0.1, 0.15) is 40.0 Å². The van der Waals surface area contributed by atoms with Crippen LogP contribution in [0.2, 0.25) is 0 Å². The molecule has 0 saturated carbocycles. The van der Waals surface area contributed by atoms with Gasteiger partial charge in [-0.25, -0.2) is 4.84 Å². The Labute approximate surface area is 139 Å². The van der Waals surface area contributed by atoms with Gasteiger partial charge in [-0.3, -0.25) is 0 Å². The van der Waals surface area contributed by atoms with Crippen LogP contribution in [-0.4, -0.2) is 43.4 Å². The van der Waals surface area contributed by atoms with E-state index >= 15 is 0 Å². The highest BCUT2D eigenvalue weighted by atomic mass is 16.9. The van der Waals surface area contributed by atoms with E-state index in [1.807, 2.05) is 42.3 Å².